The predicted octanol–water partition coefficient (Wildman–Crippen LogP) is 4.03. The van der Waals surface area contributed by atoms with Gasteiger partial charge in [0.1, 0.15) is 6.33 Å². The number of hydrogen-bond donors (Lipinski definition) is 1. The average molecular weight is 413 g/mol. The van der Waals surface area contributed by atoms with Gasteiger partial charge in [-0.1, -0.05) is 26.0 Å². The molecule has 1 N–H and O–H groups in total. The number of nitrogens with one attached hydrogen (secondary N) is 1. The highest BCUT2D eigenvalue weighted by molar-refractivity contribution is 5.76. The molecule has 160 valence electrons. The molecule has 30 heavy (non-hydrogen) atoms. The first kappa shape index (κ1) is 21.5. The molecule has 1 aliphatic heterocycles. The number of esters is 1. The minimum Gasteiger partial charge on any atom is -0.466 e. The van der Waals surface area contributed by atoms with E-state index in [0.29, 0.717) is 44.1 Å². The topological polar surface area (TPSA) is 110 Å². The van der Waals surface area contributed by atoms with E-state index < -0.39 is 4.92 Å². The zero-order chi connectivity index (χ0) is 21.7. The SMILES string of the molecule is CCOC(=O)C1CCN(c2ncnc(Nc3ccc(C(C)C)cc3)c2[N+](=O)[O-])CC1. The van der Waals surface area contributed by atoms with Crippen molar-refractivity contribution >= 4 is 29.0 Å². The molecule has 0 bridgehead atoms. The molecule has 1 saturated heterocycles. The van der Waals surface area contributed by atoms with E-state index in [4.69, 9.17) is 4.74 Å². The number of hydrogen-bond acceptors (Lipinski definition) is 8. The summed E-state index contributed by atoms with van der Waals surface area (Å²) in [5, 5.41) is 14.9. The number of anilines is 3. The lowest BCUT2D eigenvalue weighted by Crippen LogP contribution is -2.37. The molecule has 0 saturated carbocycles. The van der Waals surface area contributed by atoms with Gasteiger partial charge in [0.15, 0.2) is 0 Å². The zero-order valence-electron chi connectivity index (χ0n) is 17.5. The molecule has 0 radical (unpaired) electrons. The molecule has 0 amide bonds. The highest BCUT2D eigenvalue weighted by Crippen LogP contribution is 2.35. The number of carbonyl (C=O) groups is 1. The van der Waals surface area contributed by atoms with Crippen LogP contribution in [0.4, 0.5) is 23.0 Å². The highest BCUT2D eigenvalue weighted by atomic mass is 16.6. The molecule has 2 aromatic rings. The summed E-state index contributed by atoms with van der Waals surface area (Å²) in [6.45, 7) is 7.32. The molecule has 1 aromatic heterocycles. The summed E-state index contributed by atoms with van der Waals surface area (Å²) in [6, 6.07) is 7.74. The molecule has 3 rings (SSSR count). The van der Waals surface area contributed by atoms with E-state index >= 15 is 0 Å². The van der Waals surface area contributed by atoms with Gasteiger partial charge in [0.05, 0.1) is 17.4 Å². The van der Waals surface area contributed by atoms with E-state index in [9.17, 15) is 14.9 Å². The molecule has 9 nitrogen and oxygen atoms in total. The van der Waals surface area contributed by atoms with Gasteiger partial charge in [0.25, 0.3) is 0 Å². The van der Waals surface area contributed by atoms with Gasteiger partial charge in [-0.2, -0.15) is 0 Å². The third-order valence-electron chi connectivity index (χ3n) is 5.24. The fourth-order valence-corrected chi connectivity index (χ4v) is 3.54. The van der Waals surface area contributed by atoms with E-state index in [-0.39, 0.29) is 29.2 Å². The van der Waals surface area contributed by atoms with Crippen molar-refractivity contribution in [2.45, 2.75) is 39.5 Å². The molecule has 0 unspecified atom stereocenters. The molecule has 1 aliphatic rings. The van der Waals surface area contributed by atoms with Crippen LogP contribution in [0, 0.1) is 16.0 Å². The molecular weight excluding hydrogens is 386 g/mol. The van der Waals surface area contributed by atoms with Gasteiger partial charge >= 0.3 is 11.7 Å². The molecule has 0 atom stereocenters. The zero-order valence-corrected chi connectivity index (χ0v) is 17.5. The standard InChI is InChI=1S/C21H27N5O4/c1-4-30-21(27)16-9-11-25(12-10-16)20-18(26(28)29)19(22-13-23-20)24-17-7-5-15(6-8-17)14(2)3/h5-8,13-14,16H,4,9-12H2,1-3H3,(H,22,23,24). The van der Waals surface area contributed by atoms with Gasteiger partial charge in [0, 0.05) is 18.8 Å². The summed E-state index contributed by atoms with van der Waals surface area (Å²) < 4.78 is 5.09. The van der Waals surface area contributed by atoms with Crippen LogP contribution in [0.25, 0.3) is 0 Å². The van der Waals surface area contributed by atoms with Crippen molar-refractivity contribution in [3.63, 3.8) is 0 Å². The Bertz CT molecular complexity index is 893. The summed E-state index contributed by atoms with van der Waals surface area (Å²) in [7, 11) is 0. The van der Waals surface area contributed by atoms with E-state index in [1.807, 2.05) is 29.2 Å². The number of nitrogens with zero attached hydrogens (tertiary/aromatic N) is 4. The number of aromatic nitrogens is 2. The Morgan fingerprint density at radius 3 is 2.50 bits per heavy atom. The fraction of sp³-hybridized carbons (Fsp3) is 0.476. The first-order valence-electron chi connectivity index (χ1n) is 10.2. The van der Waals surface area contributed by atoms with Crippen molar-refractivity contribution < 1.29 is 14.5 Å². The second kappa shape index (κ2) is 9.51. The van der Waals surface area contributed by atoms with Crippen LogP contribution in [-0.4, -0.2) is 40.6 Å². The van der Waals surface area contributed by atoms with Crippen molar-refractivity contribution in [3.05, 3.63) is 46.3 Å². The lowest BCUT2D eigenvalue weighted by atomic mass is 9.97. The van der Waals surface area contributed by atoms with Crippen LogP contribution >= 0.6 is 0 Å². The predicted molar refractivity (Wildman–Crippen MR) is 114 cm³/mol. The maximum Gasteiger partial charge on any atom is 0.353 e. The number of carbonyl (C=O) groups excluding carboxylic acids is 1. The van der Waals surface area contributed by atoms with Crippen molar-refractivity contribution in [3.8, 4) is 0 Å². The van der Waals surface area contributed by atoms with Gasteiger partial charge in [-0.05, 0) is 43.4 Å². The first-order chi connectivity index (χ1) is 14.4. The molecule has 2 heterocycles. The highest BCUT2D eigenvalue weighted by Gasteiger charge is 2.32. The Labute approximate surface area is 175 Å². The molecule has 0 spiro atoms. The maximum atomic E-state index is 12.0. The van der Waals surface area contributed by atoms with Crippen LogP contribution in [0.15, 0.2) is 30.6 Å². The van der Waals surface area contributed by atoms with Crippen LogP contribution in [0.5, 0.6) is 0 Å². The third-order valence-corrected chi connectivity index (χ3v) is 5.24. The minimum atomic E-state index is -0.461. The van der Waals surface area contributed by atoms with Gasteiger partial charge in [-0.15, -0.1) is 0 Å². The monoisotopic (exact) mass is 413 g/mol. The Hall–Kier alpha value is -3.23. The quantitative estimate of drug-likeness (QED) is 0.411. The van der Waals surface area contributed by atoms with Gasteiger partial charge < -0.3 is 15.0 Å². The second-order valence-electron chi connectivity index (χ2n) is 7.57. The van der Waals surface area contributed by atoms with Crippen LogP contribution in [0.3, 0.4) is 0 Å². The van der Waals surface area contributed by atoms with Gasteiger partial charge in [-0.3, -0.25) is 14.9 Å². The van der Waals surface area contributed by atoms with Gasteiger partial charge in [-0.25, -0.2) is 9.97 Å². The van der Waals surface area contributed by atoms with E-state index in [2.05, 4.69) is 29.1 Å². The van der Waals surface area contributed by atoms with Crippen molar-refractivity contribution in [1.82, 2.24) is 9.97 Å². The molecule has 1 aromatic carbocycles. The smallest absolute Gasteiger partial charge is 0.353 e. The number of ether oxygens (including phenoxy) is 1. The van der Waals surface area contributed by atoms with Gasteiger partial charge in [0.2, 0.25) is 11.6 Å². The molecular formula is C21H27N5O4. The summed E-state index contributed by atoms with van der Waals surface area (Å²) in [4.78, 5) is 33.5. The fourth-order valence-electron chi connectivity index (χ4n) is 3.54. The summed E-state index contributed by atoms with van der Waals surface area (Å²) in [6.07, 6.45) is 2.46. The van der Waals surface area contributed by atoms with E-state index in [1.54, 1.807) is 6.92 Å². The Kier molecular flexibility index (Phi) is 6.81. The first-order valence-corrected chi connectivity index (χ1v) is 10.2. The number of piperidine rings is 1. The number of nitro groups is 1. The summed E-state index contributed by atoms with van der Waals surface area (Å²) in [5.41, 5.74) is 1.73. The van der Waals surface area contributed by atoms with Crippen molar-refractivity contribution in [2.24, 2.45) is 5.92 Å². The van der Waals surface area contributed by atoms with Crippen LogP contribution in [-0.2, 0) is 9.53 Å². The normalized spacial score (nSPS) is 14.6. The van der Waals surface area contributed by atoms with Crippen molar-refractivity contribution in [1.29, 1.82) is 0 Å². The van der Waals surface area contributed by atoms with Crippen molar-refractivity contribution in [2.75, 3.05) is 29.9 Å². The number of rotatable bonds is 7. The Balaban J connectivity index is 1.80. The number of benzene rings is 1. The molecule has 0 aliphatic carbocycles. The molecule has 1 fully saturated rings. The average Bonchev–Trinajstić information content (AvgIpc) is 2.74. The van der Waals surface area contributed by atoms with E-state index in [0.717, 1.165) is 0 Å². The lowest BCUT2D eigenvalue weighted by Gasteiger charge is -2.31. The van der Waals surface area contributed by atoms with Crippen LogP contribution in [0.1, 0.15) is 45.1 Å². The Morgan fingerprint density at radius 1 is 1.27 bits per heavy atom. The van der Waals surface area contributed by atoms with Crippen LogP contribution in [0.2, 0.25) is 0 Å². The summed E-state index contributed by atoms with van der Waals surface area (Å²) >= 11 is 0. The third kappa shape index (κ3) is 4.84. The van der Waals surface area contributed by atoms with Crippen LogP contribution < -0.4 is 10.2 Å². The second-order valence-corrected chi connectivity index (χ2v) is 7.57. The lowest BCUT2D eigenvalue weighted by molar-refractivity contribution is -0.383. The van der Waals surface area contributed by atoms with E-state index in [1.165, 1.54) is 11.9 Å². The largest absolute Gasteiger partial charge is 0.466 e. The minimum absolute atomic E-state index is 0.148. The maximum absolute atomic E-state index is 12.0. The summed E-state index contributed by atoms with van der Waals surface area (Å²) in [5.74, 6) is 0.422. The Morgan fingerprint density at radius 2 is 1.93 bits per heavy atom. The molecule has 9 heteroatoms.